The molecule has 1 saturated heterocycles. The van der Waals surface area contributed by atoms with Crippen LogP contribution in [0.15, 0.2) is 48.0 Å². The van der Waals surface area contributed by atoms with Gasteiger partial charge in [-0.15, -0.1) is 0 Å². The first-order valence-electron chi connectivity index (χ1n) is 10.2. The Morgan fingerprint density at radius 3 is 2.34 bits per heavy atom. The predicted octanol–water partition coefficient (Wildman–Crippen LogP) is 0.0809. The fourth-order valence-electron chi connectivity index (χ4n) is 3.73. The number of hydrogen-bond acceptors (Lipinski definition) is 6. The zero-order valence-corrected chi connectivity index (χ0v) is 18.9. The van der Waals surface area contributed by atoms with E-state index in [0.29, 0.717) is 35.9 Å². The zero-order valence-electron chi connectivity index (χ0n) is 18.9. The number of methoxy groups -OCH3 is 3. The van der Waals surface area contributed by atoms with E-state index in [4.69, 9.17) is 14.2 Å². The molecule has 1 aliphatic heterocycles. The number of hydrogen-bond donors (Lipinski definition) is 1. The Hall–Kier alpha value is -3.52. The summed E-state index contributed by atoms with van der Waals surface area (Å²) in [6.45, 7) is 0.935. The van der Waals surface area contributed by atoms with E-state index in [0.717, 1.165) is 4.90 Å². The Labute approximate surface area is 187 Å². The van der Waals surface area contributed by atoms with Crippen LogP contribution >= 0.6 is 0 Å². The van der Waals surface area contributed by atoms with Crippen LogP contribution < -0.4 is 24.2 Å². The highest BCUT2D eigenvalue weighted by molar-refractivity contribution is 6.46. The lowest BCUT2D eigenvalue weighted by Crippen LogP contribution is -3.06. The lowest BCUT2D eigenvalue weighted by Gasteiger charge is -2.28. The van der Waals surface area contributed by atoms with Crippen LogP contribution in [0.1, 0.15) is 17.2 Å². The van der Waals surface area contributed by atoms with Gasteiger partial charge in [0, 0.05) is 5.57 Å². The summed E-state index contributed by atoms with van der Waals surface area (Å²) in [7, 11) is 8.44. The number of rotatable bonds is 8. The molecular weight excluding hydrogens is 412 g/mol. The van der Waals surface area contributed by atoms with Crippen molar-refractivity contribution in [2.45, 2.75) is 6.04 Å². The summed E-state index contributed by atoms with van der Waals surface area (Å²) in [4.78, 5) is 28.6. The topological polar surface area (TPSA) is 92.6 Å². The third-order valence-electron chi connectivity index (χ3n) is 5.44. The van der Waals surface area contributed by atoms with Crippen LogP contribution in [0, 0.1) is 0 Å². The van der Waals surface area contributed by atoms with Gasteiger partial charge in [0.2, 0.25) is 5.78 Å². The minimum atomic E-state index is -0.826. The van der Waals surface area contributed by atoms with E-state index in [1.807, 2.05) is 14.1 Å². The Balaban J connectivity index is 2.19. The van der Waals surface area contributed by atoms with E-state index in [1.54, 1.807) is 42.5 Å². The Kier molecular flexibility index (Phi) is 7.05. The number of ketones is 1. The minimum Gasteiger partial charge on any atom is -0.872 e. The molecule has 1 unspecified atom stereocenters. The molecule has 0 aromatic heterocycles. The number of likely N-dealkylation sites (N-methyl/N-ethyl adjacent to an activating group) is 1. The van der Waals surface area contributed by atoms with Gasteiger partial charge in [-0.25, -0.2) is 0 Å². The number of nitrogens with zero attached hydrogens (tertiary/aromatic N) is 1. The van der Waals surface area contributed by atoms with Gasteiger partial charge in [-0.2, -0.15) is 0 Å². The van der Waals surface area contributed by atoms with Gasteiger partial charge in [0.1, 0.15) is 5.75 Å². The normalized spacial score (nSPS) is 17.7. The highest BCUT2D eigenvalue weighted by atomic mass is 16.5. The predicted molar refractivity (Wildman–Crippen MR) is 117 cm³/mol. The standard InChI is InChI=1S/C24H28N2O6/c1-25(2)11-12-26-21(15-9-10-18(31-4)19(14-15)32-5)20(23(28)24(26)29)22(27)16-7-6-8-17(13-16)30-3/h6-10,13-14,21,27H,11-12H2,1-5H3. The molecule has 8 heteroatoms. The minimum absolute atomic E-state index is 0.0794. The van der Waals surface area contributed by atoms with E-state index in [1.165, 1.54) is 26.2 Å². The molecular formula is C24H28N2O6. The number of benzene rings is 2. The SMILES string of the molecule is COc1cccc(C([O-])=C2C(=O)C(=O)N(CC[NH+](C)C)C2c2ccc(OC)c(OC)c2)c1. The third kappa shape index (κ3) is 4.40. The maximum Gasteiger partial charge on any atom is 0.295 e. The van der Waals surface area contributed by atoms with E-state index < -0.39 is 23.5 Å². The molecule has 0 spiro atoms. The van der Waals surface area contributed by atoms with Gasteiger partial charge in [-0.05, 0) is 35.4 Å². The van der Waals surface area contributed by atoms with E-state index >= 15 is 0 Å². The van der Waals surface area contributed by atoms with Crippen molar-refractivity contribution in [1.29, 1.82) is 0 Å². The van der Waals surface area contributed by atoms with E-state index in [-0.39, 0.29) is 11.1 Å². The number of nitrogens with one attached hydrogen (secondary N) is 1. The summed E-state index contributed by atoms with van der Waals surface area (Å²) < 4.78 is 15.9. The van der Waals surface area contributed by atoms with E-state index in [2.05, 4.69) is 0 Å². The molecule has 3 rings (SSSR count). The first-order valence-corrected chi connectivity index (χ1v) is 10.2. The maximum atomic E-state index is 13.5. The van der Waals surface area contributed by atoms with Crippen molar-refractivity contribution in [3.05, 3.63) is 59.2 Å². The zero-order chi connectivity index (χ0) is 23.4. The number of ether oxygens (including phenoxy) is 3. The second-order valence-electron chi connectivity index (χ2n) is 7.78. The molecule has 1 heterocycles. The molecule has 1 N–H and O–H groups in total. The van der Waals surface area contributed by atoms with Crippen molar-refractivity contribution >= 4 is 17.4 Å². The average Bonchev–Trinajstić information content (AvgIpc) is 3.06. The van der Waals surface area contributed by atoms with Crippen molar-refractivity contribution in [2.24, 2.45) is 0 Å². The molecule has 32 heavy (non-hydrogen) atoms. The van der Waals surface area contributed by atoms with Crippen LogP contribution in [0.5, 0.6) is 17.2 Å². The number of carbonyl (C=O) groups excluding carboxylic acids is 2. The number of Topliss-reactive ketones (excluding diaryl/α,β-unsaturated/α-hetero) is 1. The first kappa shape index (κ1) is 23.1. The fourth-order valence-corrected chi connectivity index (χ4v) is 3.73. The second kappa shape index (κ2) is 9.74. The molecule has 0 radical (unpaired) electrons. The molecule has 2 aromatic rings. The Morgan fingerprint density at radius 1 is 1.00 bits per heavy atom. The highest BCUT2D eigenvalue weighted by Crippen LogP contribution is 2.41. The third-order valence-corrected chi connectivity index (χ3v) is 5.44. The van der Waals surface area contributed by atoms with Crippen molar-refractivity contribution < 1.29 is 33.8 Å². The largest absolute Gasteiger partial charge is 0.872 e. The molecule has 1 amide bonds. The van der Waals surface area contributed by atoms with Gasteiger partial charge in [0.15, 0.2) is 11.5 Å². The molecule has 0 bridgehead atoms. The summed E-state index contributed by atoms with van der Waals surface area (Å²) >= 11 is 0. The maximum absolute atomic E-state index is 13.5. The van der Waals surface area contributed by atoms with Crippen molar-refractivity contribution in [3.63, 3.8) is 0 Å². The average molecular weight is 440 g/mol. The number of likely N-dealkylation sites (tertiary alicyclic amines) is 1. The van der Waals surface area contributed by atoms with Gasteiger partial charge >= 0.3 is 0 Å². The molecule has 2 aromatic carbocycles. The van der Waals surface area contributed by atoms with Crippen LogP contribution in [0.4, 0.5) is 0 Å². The molecule has 8 nitrogen and oxygen atoms in total. The van der Waals surface area contributed by atoms with Gasteiger partial charge < -0.3 is 29.1 Å². The Bertz CT molecular complexity index is 1050. The first-order chi connectivity index (χ1) is 15.3. The van der Waals surface area contributed by atoms with Gasteiger partial charge in [-0.3, -0.25) is 9.59 Å². The van der Waals surface area contributed by atoms with Gasteiger partial charge in [0.05, 0.1) is 54.6 Å². The molecule has 0 aliphatic carbocycles. The molecule has 1 aliphatic rings. The summed E-state index contributed by atoms with van der Waals surface area (Å²) in [5.41, 5.74) is 0.803. The van der Waals surface area contributed by atoms with E-state index in [9.17, 15) is 14.7 Å². The monoisotopic (exact) mass is 440 g/mol. The lowest BCUT2D eigenvalue weighted by atomic mass is 9.95. The summed E-state index contributed by atoms with van der Waals surface area (Å²) in [6, 6.07) is 10.9. The summed E-state index contributed by atoms with van der Waals surface area (Å²) in [5, 5.41) is 13.5. The highest BCUT2D eigenvalue weighted by Gasteiger charge is 2.44. The smallest absolute Gasteiger partial charge is 0.295 e. The van der Waals surface area contributed by atoms with Crippen molar-refractivity contribution in [1.82, 2.24) is 4.90 Å². The fraction of sp³-hybridized carbons (Fsp3) is 0.333. The molecule has 1 atom stereocenters. The molecule has 170 valence electrons. The number of quaternary nitrogens is 1. The van der Waals surface area contributed by atoms with Crippen LogP contribution in [-0.2, 0) is 9.59 Å². The van der Waals surface area contributed by atoms with Crippen LogP contribution in [0.2, 0.25) is 0 Å². The number of amides is 1. The van der Waals surface area contributed by atoms with Gasteiger partial charge in [0.25, 0.3) is 5.91 Å². The summed E-state index contributed by atoms with van der Waals surface area (Å²) in [6.07, 6.45) is 0. The number of carbonyl (C=O) groups is 2. The van der Waals surface area contributed by atoms with Crippen molar-refractivity contribution in [2.75, 3.05) is 48.5 Å². The Morgan fingerprint density at radius 2 is 1.72 bits per heavy atom. The summed E-state index contributed by atoms with van der Waals surface area (Å²) in [5.74, 6) is -0.519. The molecule has 0 saturated carbocycles. The van der Waals surface area contributed by atoms with Crippen LogP contribution in [0.25, 0.3) is 5.76 Å². The van der Waals surface area contributed by atoms with Crippen LogP contribution in [-0.4, -0.2) is 65.1 Å². The van der Waals surface area contributed by atoms with Gasteiger partial charge in [-0.1, -0.05) is 24.0 Å². The second-order valence-corrected chi connectivity index (χ2v) is 7.78. The van der Waals surface area contributed by atoms with Crippen molar-refractivity contribution in [3.8, 4) is 17.2 Å². The molecule has 1 fully saturated rings. The van der Waals surface area contributed by atoms with Crippen LogP contribution in [0.3, 0.4) is 0 Å². The lowest BCUT2D eigenvalue weighted by molar-refractivity contribution is -0.857. The quantitative estimate of drug-likeness (QED) is 0.355.